The number of alkyl halides is 2. The molecule has 6 nitrogen and oxygen atoms in total. The number of rotatable bonds is 11. The summed E-state index contributed by atoms with van der Waals surface area (Å²) in [5.74, 6) is -0.652. The fraction of sp³-hybridized carbons (Fsp3) is 0.0909. The van der Waals surface area contributed by atoms with Crippen molar-refractivity contribution >= 4 is 0 Å². The highest BCUT2D eigenvalue weighted by Crippen LogP contribution is 2.53. The molecule has 3 aromatic heterocycles. The van der Waals surface area contributed by atoms with Crippen molar-refractivity contribution in [3.63, 3.8) is 0 Å². The molecule has 0 amide bonds. The van der Waals surface area contributed by atoms with Gasteiger partial charge in [0, 0.05) is 61.3 Å². The molecule has 13 rings (SSSR count). The largest absolute Gasteiger partial charge is 0.299 e. The zero-order chi connectivity index (χ0) is 49.8. The van der Waals surface area contributed by atoms with Crippen LogP contribution in [0.1, 0.15) is 40.3 Å². The van der Waals surface area contributed by atoms with E-state index in [1.807, 2.05) is 153 Å². The molecule has 0 aliphatic heterocycles. The van der Waals surface area contributed by atoms with Crippen LogP contribution in [-0.4, -0.2) is 29.9 Å². The molecule has 354 valence electrons. The van der Waals surface area contributed by atoms with Gasteiger partial charge in [0.2, 0.25) is 0 Å². The molecule has 8 aromatic carbocycles. The van der Waals surface area contributed by atoms with Gasteiger partial charge in [0.1, 0.15) is 0 Å². The van der Waals surface area contributed by atoms with E-state index in [0.29, 0.717) is 68.5 Å². The van der Waals surface area contributed by atoms with Gasteiger partial charge in [-0.3, -0.25) is 0 Å². The number of hydrogen-bond donors (Lipinski definition) is 0. The van der Waals surface area contributed by atoms with E-state index in [1.165, 1.54) is 11.1 Å². The number of fused-ring (bicyclic) bond motifs is 3. The lowest BCUT2D eigenvalue weighted by atomic mass is 9.99. The summed E-state index contributed by atoms with van der Waals surface area (Å²) in [5.41, 5.74) is 14.5. The van der Waals surface area contributed by atoms with E-state index in [2.05, 4.69) is 54.6 Å². The number of aryl methyl sites for hydroxylation is 1. The Kier molecular flexibility index (Phi) is 11.2. The minimum atomic E-state index is -3.29. The Hall–Kier alpha value is -9.14. The molecular formula is C66H46F2N6. The molecule has 74 heavy (non-hydrogen) atoms. The first-order valence-corrected chi connectivity index (χ1v) is 25.0. The molecule has 0 radical (unpaired) electrons. The van der Waals surface area contributed by atoms with Crippen LogP contribution in [0.15, 0.2) is 224 Å². The minimum absolute atomic E-state index is 0.0581. The minimum Gasteiger partial charge on any atom is -0.233 e. The van der Waals surface area contributed by atoms with E-state index in [1.54, 1.807) is 24.3 Å². The SMILES string of the molecule is Cc1cc(-c2ccccc2)nc(-c2cccc(CC3C[C@@H]3c3cccc(-c4nc(-c5ccccc5)cc(-c5ccc6c(c5)C(F)(F)c5cc(-c7cc(-c8ccccc8)nc(-c8ccccc8)n7)ccc5-6)n4)c3)c2)n1. The van der Waals surface area contributed by atoms with E-state index in [9.17, 15) is 0 Å². The quantitative estimate of drug-likeness (QED) is 0.129. The molecule has 8 heteroatoms. The Labute approximate surface area is 428 Å². The Morgan fingerprint density at radius 3 is 1.32 bits per heavy atom. The average Bonchev–Trinajstić information content (AvgIpc) is 4.20. The summed E-state index contributed by atoms with van der Waals surface area (Å²) in [4.78, 5) is 29.9. The van der Waals surface area contributed by atoms with Crippen LogP contribution in [0.3, 0.4) is 0 Å². The Morgan fingerprint density at radius 1 is 0.378 bits per heavy atom. The molecule has 2 aliphatic carbocycles. The van der Waals surface area contributed by atoms with Crippen molar-refractivity contribution in [3.8, 4) is 102 Å². The van der Waals surface area contributed by atoms with Crippen LogP contribution in [0.4, 0.5) is 8.78 Å². The zero-order valence-corrected chi connectivity index (χ0v) is 40.4. The molecule has 0 spiro atoms. The molecule has 0 saturated heterocycles. The lowest BCUT2D eigenvalue weighted by molar-refractivity contribution is 0.0481. The zero-order valence-electron chi connectivity index (χ0n) is 40.4. The van der Waals surface area contributed by atoms with Gasteiger partial charge in [-0.1, -0.05) is 182 Å². The van der Waals surface area contributed by atoms with E-state index in [0.717, 1.165) is 63.4 Å². The smallest absolute Gasteiger partial charge is 0.233 e. The van der Waals surface area contributed by atoms with Gasteiger partial charge in [-0.05, 0) is 96.3 Å². The molecule has 0 bridgehead atoms. The van der Waals surface area contributed by atoms with E-state index in [4.69, 9.17) is 29.9 Å². The summed E-state index contributed by atoms with van der Waals surface area (Å²) >= 11 is 0. The number of nitrogens with zero attached hydrogens (tertiary/aromatic N) is 6. The van der Waals surface area contributed by atoms with Gasteiger partial charge in [0.25, 0.3) is 5.92 Å². The standard InChI is InChI=1S/C66H46F2N6/c1-41-32-58(43-17-6-2-7-18-43)70-64(69-41)50-26-14-16-42(33-50)34-52-36-55(52)47-25-15-27-51(35-47)65-72-60(45-21-10-4-11-22-45)40-62(74-65)49-29-31-54-53-30-28-48(37-56(53)66(67,68)57(54)38-49)61-39-59(44-19-8-3-9-20-44)71-63(73-61)46-23-12-5-13-24-46/h2-33,35,37-40,52,55H,34,36H2,1H3/t52?,55-/m1/s1. The maximum atomic E-state index is 17.1. The lowest BCUT2D eigenvalue weighted by Crippen LogP contribution is -2.11. The van der Waals surface area contributed by atoms with Gasteiger partial charge >= 0.3 is 0 Å². The normalized spacial score (nSPS) is 15.1. The van der Waals surface area contributed by atoms with Crippen molar-refractivity contribution in [1.29, 1.82) is 0 Å². The van der Waals surface area contributed by atoms with Crippen LogP contribution in [0, 0.1) is 12.8 Å². The Morgan fingerprint density at radius 2 is 0.797 bits per heavy atom. The first-order valence-electron chi connectivity index (χ1n) is 25.0. The number of benzene rings is 8. The van der Waals surface area contributed by atoms with Gasteiger partial charge in [-0.25, -0.2) is 29.9 Å². The molecule has 1 unspecified atom stereocenters. The summed E-state index contributed by atoms with van der Waals surface area (Å²) < 4.78 is 34.2. The van der Waals surface area contributed by atoms with Gasteiger partial charge in [-0.2, -0.15) is 8.78 Å². The van der Waals surface area contributed by atoms with Gasteiger partial charge in [-0.15, -0.1) is 0 Å². The number of aromatic nitrogens is 6. The maximum absolute atomic E-state index is 17.1. The van der Waals surface area contributed by atoms with Crippen molar-refractivity contribution < 1.29 is 8.78 Å². The number of halogens is 2. The molecule has 2 atom stereocenters. The van der Waals surface area contributed by atoms with Crippen molar-refractivity contribution in [2.45, 2.75) is 31.6 Å². The fourth-order valence-electron chi connectivity index (χ4n) is 10.5. The molecule has 2 aliphatic rings. The number of hydrogen-bond acceptors (Lipinski definition) is 6. The summed E-state index contributed by atoms with van der Waals surface area (Å²) in [6.45, 7) is 2.02. The van der Waals surface area contributed by atoms with Crippen LogP contribution in [0.5, 0.6) is 0 Å². The molecule has 11 aromatic rings. The third kappa shape index (κ3) is 8.64. The Bertz CT molecular complexity index is 3850. The molecule has 1 saturated carbocycles. The highest BCUT2D eigenvalue weighted by atomic mass is 19.3. The van der Waals surface area contributed by atoms with Crippen molar-refractivity contribution in [2.75, 3.05) is 0 Å². The Balaban J connectivity index is 0.796. The monoisotopic (exact) mass is 960 g/mol. The molecule has 1 fully saturated rings. The highest BCUT2D eigenvalue weighted by Gasteiger charge is 2.45. The topological polar surface area (TPSA) is 77.3 Å². The first-order chi connectivity index (χ1) is 36.3. The summed E-state index contributed by atoms with van der Waals surface area (Å²) in [7, 11) is 0. The summed E-state index contributed by atoms with van der Waals surface area (Å²) in [6.07, 6.45) is 2.00. The van der Waals surface area contributed by atoms with Crippen LogP contribution < -0.4 is 0 Å². The molecular weight excluding hydrogens is 915 g/mol. The lowest BCUT2D eigenvalue weighted by Gasteiger charge is -2.15. The average molecular weight is 961 g/mol. The second-order valence-corrected chi connectivity index (χ2v) is 19.3. The molecule has 0 N–H and O–H groups in total. The van der Waals surface area contributed by atoms with Crippen LogP contribution in [0.2, 0.25) is 0 Å². The van der Waals surface area contributed by atoms with E-state index >= 15 is 8.78 Å². The van der Waals surface area contributed by atoms with Crippen LogP contribution >= 0.6 is 0 Å². The second-order valence-electron chi connectivity index (χ2n) is 19.3. The van der Waals surface area contributed by atoms with Crippen LogP contribution in [0.25, 0.3) is 102 Å². The predicted molar refractivity (Wildman–Crippen MR) is 291 cm³/mol. The summed E-state index contributed by atoms with van der Waals surface area (Å²) in [6, 6.07) is 73.3. The van der Waals surface area contributed by atoms with Gasteiger partial charge in [0.15, 0.2) is 17.5 Å². The second kappa shape index (κ2) is 18.5. The molecule has 3 heterocycles. The van der Waals surface area contributed by atoms with Gasteiger partial charge in [0.05, 0.1) is 28.5 Å². The van der Waals surface area contributed by atoms with E-state index in [-0.39, 0.29) is 11.1 Å². The van der Waals surface area contributed by atoms with Gasteiger partial charge < -0.3 is 0 Å². The highest BCUT2D eigenvalue weighted by molar-refractivity contribution is 5.85. The summed E-state index contributed by atoms with van der Waals surface area (Å²) in [5, 5.41) is 0. The predicted octanol–water partition coefficient (Wildman–Crippen LogP) is 16.2. The van der Waals surface area contributed by atoms with Crippen molar-refractivity contribution in [2.24, 2.45) is 5.92 Å². The fourth-order valence-corrected chi connectivity index (χ4v) is 10.5. The first kappa shape index (κ1) is 44.8. The third-order valence-corrected chi connectivity index (χ3v) is 14.3. The maximum Gasteiger partial charge on any atom is 0.299 e. The van der Waals surface area contributed by atoms with E-state index < -0.39 is 5.92 Å². The third-order valence-electron chi connectivity index (χ3n) is 14.3. The van der Waals surface area contributed by atoms with Crippen molar-refractivity contribution in [1.82, 2.24) is 29.9 Å². The van der Waals surface area contributed by atoms with Crippen LogP contribution in [-0.2, 0) is 12.3 Å². The van der Waals surface area contributed by atoms with Crippen molar-refractivity contribution in [3.05, 3.63) is 252 Å².